The zero-order valence-corrected chi connectivity index (χ0v) is 10.5. The van der Waals surface area contributed by atoms with Gasteiger partial charge < -0.3 is 4.90 Å². The van der Waals surface area contributed by atoms with Gasteiger partial charge in [-0.15, -0.1) is 0 Å². The second kappa shape index (κ2) is 4.17. The molecule has 0 atom stereocenters. The van der Waals surface area contributed by atoms with Gasteiger partial charge in [0.05, 0.1) is 0 Å². The van der Waals surface area contributed by atoms with Crippen molar-refractivity contribution in [3.63, 3.8) is 0 Å². The fourth-order valence-corrected chi connectivity index (χ4v) is 2.04. The summed E-state index contributed by atoms with van der Waals surface area (Å²) < 4.78 is 0. The van der Waals surface area contributed by atoms with Crippen LogP contribution in [0.2, 0.25) is 0 Å². The maximum Gasteiger partial charge on any atom is 0.0361 e. The van der Waals surface area contributed by atoms with Crippen molar-refractivity contribution in [2.75, 3.05) is 19.0 Å². The lowest BCUT2D eigenvalue weighted by atomic mass is 10.0. The van der Waals surface area contributed by atoms with Crippen LogP contribution in [0.4, 0.5) is 5.69 Å². The standard InChI is InChI=1S/C15H19N/c1-11-9-14(10-12(11)2)13-5-7-15(8-6-13)16(3)4/h5-10,14H,1-4H3. The monoisotopic (exact) mass is 213 g/mol. The van der Waals surface area contributed by atoms with Crippen molar-refractivity contribution < 1.29 is 0 Å². The second-order valence-corrected chi connectivity index (χ2v) is 4.71. The van der Waals surface area contributed by atoms with Gasteiger partial charge in [0, 0.05) is 25.7 Å². The van der Waals surface area contributed by atoms with Crippen LogP contribution in [0.15, 0.2) is 47.6 Å². The van der Waals surface area contributed by atoms with Gasteiger partial charge in [0.25, 0.3) is 0 Å². The first-order valence-electron chi connectivity index (χ1n) is 5.72. The van der Waals surface area contributed by atoms with E-state index in [-0.39, 0.29) is 0 Å². The molecule has 0 N–H and O–H groups in total. The highest BCUT2D eigenvalue weighted by Crippen LogP contribution is 2.31. The lowest BCUT2D eigenvalue weighted by Crippen LogP contribution is -2.08. The Morgan fingerprint density at radius 3 is 1.81 bits per heavy atom. The molecule has 1 heteroatoms. The maximum absolute atomic E-state index is 2.33. The number of rotatable bonds is 2. The highest BCUT2D eigenvalue weighted by Gasteiger charge is 2.13. The molecular weight excluding hydrogens is 194 g/mol. The van der Waals surface area contributed by atoms with Crippen LogP contribution in [0.1, 0.15) is 25.3 Å². The summed E-state index contributed by atoms with van der Waals surface area (Å²) in [6, 6.07) is 8.80. The van der Waals surface area contributed by atoms with Crippen LogP contribution in [-0.4, -0.2) is 14.1 Å². The lowest BCUT2D eigenvalue weighted by molar-refractivity contribution is 1.08. The molecule has 1 aliphatic rings. The van der Waals surface area contributed by atoms with E-state index >= 15 is 0 Å². The van der Waals surface area contributed by atoms with Gasteiger partial charge in [-0.25, -0.2) is 0 Å². The SMILES string of the molecule is CC1=CC(c2ccc(N(C)C)cc2)C=C1C. The third-order valence-corrected chi connectivity index (χ3v) is 3.28. The van der Waals surface area contributed by atoms with Crippen molar-refractivity contribution in [1.29, 1.82) is 0 Å². The Labute approximate surface area is 98.1 Å². The minimum Gasteiger partial charge on any atom is -0.378 e. The van der Waals surface area contributed by atoms with Crippen LogP contribution in [-0.2, 0) is 0 Å². The Hall–Kier alpha value is -1.50. The maximum atomic E-state index is 2.33. The van der Waals surface area contributed by atoms with E-state index in [9.17, 15) is 0 Å². The van der Waals surface area contributed by atoms with Crippen molar-refractivity contribution in [2.45, 2.75) is 19.8 Å². The first-order chi connectivity index (χ1) is 7.58. The van der Waals surface area contributed by atoms with Gasteiger partial charge in [-0.05, 0) is 31.5 Å². The lowest BCUT2D eigenvalue weighted by Gasteiger charge is -2.13. The molecule has 0 radical (unpaired) electrons. The van der Waals surface area contributed by atoms with E-state index in [1.54, 1.807) is 0 Å². The molecule has 0 saturated heterocycles. The summed E-state index contributed by atoms with van der Waals surface area (Å²) in [5, 5.41) is 0. The van der Waals surface area contributed by atoms with E-state index in [0.29, 0.717) is 5.92 Å². The van der Waals surface area contributed by atoms with Crippen molar-refractivity contribution >= 4 is 5.69 Å². The average molecular weight is 213 g/mol. The molecule has 0 aromatic heterocycles. The Morgan fingerprint density at radius 2 is 1.38 bits per heavy atom. The first kappa shape index (κ1) is 11.0. The molecule has 1 aliphatic carbocycles. The van der Waals surface area contributed by atoms with E-state index in [1.807, 2.05) is 0 Å². The normalized spacial score (nSPS) is 16.0. The first-order valence-corrected chi connectivity index (χ1v) is 5.72. The van der Waals surface area contributed by atoms with Crippen LogP contribution in [0.3, 0.4) is 0 Å². The summed E-state index contributed by atoms with van der Waals surface area (Å²) in [5.74, 6) is 0.469. The number of benzene rings is 1. The number of hydrogen-bond donors (Lipinski definition) is 0. The molecule has 0 amide bonds. The van der Waals surface area contributed by atoms with E-state index in [1.165, 1.54) is 22.4 Å². The quantitative estimate of drug-likeness (QED) is 0.723. The van der Waals surface area contributed by atoms with Crippen LogP contribution in [0.5, 0.6) is 0 Å². The fourth-order valence-electron chi connectivity index (χ4n) is 2.04. The Balaban J connectivity index is 2.24. The minimum absolute atomic E-state index is 0.469. The van der Waals surface area contributed by atoms with E-state index in [0.717, 1.165) is 0 Å². The molecule has 84 valence electrons. The molecule has 0 fully saturated rings. The predicted molar refractivity (Wildman–Crippen MR) is 71.0 cm³/mol. The summed E-state index contributed by atoms with van der Waals surface area (Å²) in [6.45, 7) is 4.36. The van der Waals surface area contributed by atoms with Crippen LogP contribution >= 0.6 is 0 Å². The summed E-state index contributed by atoms with van der Waals surface area (Å²) in [7, 11) is 4.14. The van der Waals surface area contributed by atoms with Crippen LogP contribution in [0.25, 0.3) is 0 Å². The molecule has 1 nitrogen and oxygen atoms in total. The number of nitrogens with zero attached hydrogens (tertiary/aromatic N) is 1. The molecule has 1 aromatic carbocycles. The molecule has 0 aliphatic heterocycles. The third-order valence-electron chi connectivity index (χ3n) is 3.28. The Bertz CT molecular complexity index is 417. The molecule has 1 aromatic rings. The highest BCUT2D eigenvalue weighted by molar-refractivity contribution is 5.50. The predicted octanol–water partition coefficient (Wildman–Crippen LogP) is 3.74. The van der Waals surface area contributed by atoms with Gasteiger partial charge in [0.1, 0.15) is 0 Å². The van der Waals surface area contributed by atoms with Gasteiger partial charge >= 0.3 is 0 Å². The summed E-state index contributed by atoms with van der Waals surface area (Å²) in [4.78, 5) is 2.13. The second-order valence-electron chi connectivity index (χ2n) is 4.71. The van der Waals surface area contributed by atoms with Gasteiger partial charge in [-0.1, -0.05) is 35.4 Å². The number of hydrogen-bond acceptors (Lipinski definition) is 1. The van der Waals surface area contributed by atoms with Crippen LogP contribution < -0.4 is 4.90 Å². The van der Waals surface area contributed by atoms with Gasteiger partial charge in [0.15, 0.2) is 0 Å². The van der Waals surface area contributed by atoms with Gasteiger partial charge in [-0.2, -0.15) is 0 Å². The summed E-state index contributed by atoms with van der Waals surface area (Å²) >= 11 is 0. The van der Waals surface area contributed by atoms with Crippen molar-refractivity contribution in [2.24, 2.45) is 0 Å². The van der Waals surface area contributed by atoms with Crippen molar-refractivity contribution in [3.05, 3.63) is 53.1 Å². The topological polar surface area (TPSA) is 3.24 Å². The third kappa shape index (κ3) is 2.04. The Morgan fingerprint density at radius 1 is 0.875 bits per heavy atom. The molecule has 0 heterocycles. The zero-order chi connectivity index (χ0) is 11.7. The van der Waals surface area contributed by atoms with E-state index < -0.39 is 0 Å². The highest BCUT2D eigenvalue weighted by atomic mass is 15.1. The smallest absolute Gasteiger partial charge is 0.0361 e. The minimum atomic E-state index is 0.469. The molecule has 0 saturated carbocycles. The molecular formula is C15H19N. The van der Waals surface area contributed by atoms with E-state index in [2.05, 4.69) is 69.3 Å². The summed E-state index contributed by atoms with van der Waals surface area (Å²) in [5.41, 5.74) is 5.44. The summed E-state index contributed by atoms with van der Waals surface area (Å²) in [6.07, 6.45) is 4.67. The molecule has 16 heavy (non-hydrogen) atoms. The number of anilines is 1. The van der Waals surface area contributed by atoms with Crippen molar-refractivity contribution in [3.8, 4) is 0 Å². The zero-order valence-electron chi connectivity index (χ0n) is 10.5. The fraction of sp³-hybridized carbons (Fsp3) is 0.333. The van der Waals surface area contributed by atoms with Gasteiger partial charge in [0.2, 0.25) is 0 Å². The molecule has 0 bridgehead atoms. The van der Waals surface area contributed by atoms with Gasteiger partial charge in [-0.3, -0.25) is 0 Å². The Kier molecular flexibility index (Phi) is 2.86. The van der Waals surface area contributed by atoms with Crippen LogP contribution in [0, 0.1) is 0 Å². The average Bonchev–Trinajstić information content (AvgIpc) is 2.59. The van der Waals surface area contributed by atoms with Crippen molar-refractivity contribution in [1.82, 2.24) is 0 Å². The molecule has 0 spiro atoms. The van der Waals surface area contributed by atoms with E-state index in [4.69, 9.17) is 0 Å². The largest absolute Gasteiger partial charge is 0.378 e. The molecule has 2 rings (SSSR count). The molecule has 0 unspecified atom stereocenters. The number of allylic oxidation sites excluding steroid dienone is 4.